The first-order valence-corrected chi connectivity index (χ1v) is 8.14. The Balaban J connectivity index is 2.19. The Labute approximate surface area is 142 Å². The van der Waals surface area contributed by atoms with Gasteiger partial charge in [-0.05, 0) is 5.56 Å². The zero-order valence-corrected chi connectivity index (χ0v) is 13.5. The van der Waals surface area contributed by atoms with E-state index in [1.165, 1.54) is 11.8 Å². The molecule has 24 heavy (non-hydrogen) atoms. The molecule has 0 aliphatic carbocycles. The van der Waals surface area contributed by atoms with E-state index in [1.54, 1.807) is 6.08 Å². The molecule has 0 bridgehead atoms. The van der Waals surface area contributed by atoms with Gasteiger partial charge in [-0.25, -0.2) is 0 Å². The molecule has 0 saturated heterocycles. The molecule has 1 aliphatic rings. The highest BCUT2D eigenvalue weighted by molar-refractivity contribution is 7.99. The molecule has 1 atom stereocenters. The van der Waals surface area contributed by atoms with Crippen LogP contribution in [-0.4, -0.2) is 15.7 Å². The molecule has 3 rings (SSSR count). The van der Waals surface area contributed by atoms with Crippen LogP contribution in [0.2, 0.25) is 0 Å². The Kier molecular flexibility index (Phi) is 4.40. The molecule has 0 radical (unpaired) electrons. The third-order valence-corrected chi connectivity index (χ3v) is 4.41. The molecule has 0 fully saturated rings. The van der Waals surface area contributed by atoms with Gasteiger partial charge in [0.15, 0.2) is 5.16 Å². The van der Waals surface area contributed by atoms with Gasteiger partial charge in [0.1, 0.15) is 11.6 Å². The van der Waals surface area contributed by atoms with Crippen LogP contribution in [0.4, 0.5) is 0 Å². The van der Waals surface area contributed by atoms with Crippen molar-refractivity contribution in [1.29, 1.82) is 5.26 Å². The number of nitrogens with two attached hydrogens (primary N) is 1. The molecule has 0 unspecified atom stereocenters. The van der Waals surface area contributed by atoms with Gasteiger partial charge in [-0.3, -0.25) is 4.79 Å². The zero-order chi connectivity index (χ0) is 17.1. The van der Waals surface area contributed by atoms with Gasteiger partial charge in [0, 0.05) is 5.75 Å². The second-order valence-electron chi connectivity index (χ2n) is 5.03. The van der Waals surface area contributed by atoms with Gasteiger partial charge < -0.3 is 15.5 Å². The molecule has 1 aromatic carbocycles. The minimum atomic E-state index is -0.602. The number of nitriles is 1. The summed E-state index contributed by atoms with van der Waals surface area (Å²) >= 11 is 1.33. The fraction of sp³-hybridized carbons (Fsp3) is 0.118. The summed E-state index contributed by atoms with van der Waals surface area (Å²) in [7, 11) is 0. The lowest BCUT2D eigenvalue weighted by Crippen LogP contribution is -2.29. The molecule has 2 aromatic rings. The highest BCUT2D eigenvalue weighted by Crippen LogP contribution is 2.39. The van der Waals surface area contributed by atoms with Gasteiger partial charge in [0.25, 0.3) is 5.56 Å². The normalized spacial score (nSPS) is 16.0. The minimum Gasteiger partial charge on any atom is -0.422 e. The Hall–Kier alpha value is -2.98. The van der Waals surface area contributed by atoms with Crippen molar-refractivity contribution in [3.63, 3.8) is 0 Å². The Bertz CT molecular complexity index is 912. The van der Waals surface area contributed by atoms with Crippen molar-refractivity contribution in [2.24, 2.45) is 5.73 Å². The predicted molar refractivity (Wildman–Crippen MR) is 91.5 cm³/mol. The van der Waals surface area contributed by atoms with Gasteiger partial charge in [0.2, 0.25) is 11.8 Å². The minimum absolute atomic E-state index is 0.0309. The number of nitrogens with zero attached hydrogens (tertiary/aromatic N) is 2. The zero-order valence-electron chi connectivity index (χ0n) is 12.7. The third kappa shape index (κ3) is 2.79. The van der Waals surface area contributed by atoms with E-state index in [0.717, 1.165) is 5.56 Å². The summed E-state index contributed by atoms with van der Waals surface area (Å²) in [6.45, 7) is 3.64. The average Bonchev–Trinajstić information content (AvgIpc) is 2.59. The summed E-state index contributed by atoms with van der Waals surface area (Å²) in [6, 6.07) is 11.3. The molecule has 2 heterocycles. The number of nitrogens with one attached hydrogen (secondary N) is 1. The Morgan fingerprint density at radius 1 is 1.46 bits per heavy atom. The number of aromatic nitrogens is 2. The van der Waals surface area contributed by atoms with E-state index >= 15 is 0 Å². The highest BCUT2D eigenvalue weighted by Gasteiger charge is 2.34. The van der Waals surface area contributed by atoms with E-state index in [1.807, 2.05) is 36.4 Å². The quantitative estimate of drug-likeness (QED) is 0.503. The van der Waals surface area contributed by atoms with Gasteiger partial charge in [0.05, 0.1) is 11.5 Å². The molecule has 7 heteroatoms. The summed E-state index contributed by atoms with van der Waals surface area (Å²) in [5.41, 5.74) is 6.81. The Morgan fingerprint density at radius 3 is 2.88 bits per heavy atom. The van der Waals surface area contributed by atoms with Gasteiger partial charge in [-0.1, -0.05) is 48.2 Å². The number of rotatable bonds is 4. The lowest BCUT2D eigenvalue weighted by Gasteiger charge is -2.24. The standard InChI is InChI=1S/C17H14N4O2S/c1-2-8-24-17-20-15(22)13-12(10-6-4-3-5-7-10)11(9-18)14(19)23-16(13)21-17/h2-7,12H,1,8,19H2,(H,20,21,22)/t12-/m0/s1. The van der Waals surface area contributed by atoms with Crippen LogP contribution in [-0.2, 0) is 0 Å². The van der Waals surface area contributed by atoms with E-state index < -0.39 is 5.92 Å². The summed E-state index contributed by atoms with van der Waals surface area (Å²) in [4.78, 5) is 19.7. The van der Waals surface area contributed by atoms with Crippen LogP contribution in [0, 0.1) is 11.3 Å². The lowest BCUT2D eigenvalue weighted by atomic mass is 9.85. The van der Waals surface area contributed by atoms with E-state index in [9.17, 15) is 10.1 Å². The van der Waals surface area contributed by atoms with Gasteiger partial charge >= 0.3 is 0 Å². The first-order valence-electron chi connectivity index (χ1n) is 7.16. The fourth-order valence-corrected chi connectivity index (χ4v) is 3.11. The first kappa shape index (κ1) is 15.9. The average molecular weight is 338 g/mol. The van der Waals surface area contributed by atoms with Crippen LogP contribution >= 0.6 is 11.8 Å². The molecule has 0 saturated carbocycles. The number of thioether (sulfide) groups is 1. The maximum absolute atomic E-state index is 12.6. The Morgan fingerprint density at radius 2 is 2.21 bits per heavy atom. The second kappa shape index (κ2) is 6.64. The number of hydrogen-bond acceptors (Lipinski definition) is 6. The van der Waals surface area contributed by atoms with Crippen molar-refractivity contribution in [3.05, 3.63) is 75.9 Å². The van der Waals surface area contributed by atoms with Crippen molar-refractivity contribution in [1.82, 2.24) is 9.97 Å². The molecular formula is C17H14N4O2S. The molecule has 1 aromatic heterocycles. The van der Waals surface area contributed by atoms with Crippen molar-refractivity contribution in [2.45, 2.75) is 11.1 Å². The summed E-state index contributed by atoms with van der Waals surface area (Å²) in [5, 5.41) is 9.88. The number of fused-ring (bicyclic) bond motifs is 1. The van der Waals surface area contributed by atoms with Gasteiger partial charge in [-0.15, -0.1) is 6.58 Å². The SMILES string of the molecule is C=CCSc1nc2c(c(=O)[nH]1)[C@@H](c1ccccc1)C(C#N)=C(N)O2. The van der Waals surface area contributed by atoms with Crippen LogP contribution in [0.1, 0.15) is 17.0 Å². The van der Waals surface area contributed by atoms with Crippen LogP contribution < -0.4 is 16.0 Å². The molecule has 120 valence electrons. The number of benzene rings is 1. The lowest BCUT2D eigenvalue weighted by molar-refractivity contribution is 0.370. The maximum atomic E-state index is 12.6. The van der Waals surface area contributed by atoms with E-state index in [-0.39, 0.29) is 28.5 Å². The molecule has 0 spiro atoms. The molecule has 1 aliphatic heterocycles. The number of allylic oxidation sites excluding steroid dienone is 1. The molecule has 0 amide bonds. The highest BCUT2D eigenvalue weighted by atomic mass is 32.2. The van der Waals surface area contributed by atoms with Crippen LogP contribution in [0.3, 0.4) is 0 Å². The van der Waals surface area contributed by atoms with Crippen LogP contribution in [0.15, 0.2) is 64.4 Å². The fourth-order valence-electron chi connectivity index (χ4n) is 2.52. The van der Waals surface area contributed by atoms with Crippen molar-refractivity contribution < 1.29 is 4.74 Å². The number of ether oxygens (including phenoxy) is 1. The van der Waals surface area contributed by atoms with Crippen LogP contribution in [0.5, 0.6) is 5.88 Å². The topological polar surface area (TPSA) is 105 Å². The maximum Gasteiger partial charge on any atom is 0.259 e. The summed E-state index contributed by atoms with van der Waals surface area (Å²) in [6.07, 6.45) is 1.71. The van der Waals surface area contributed by atoms with E-state index in [0.29, 0.717) is 10.9 Å². The number of H-pyrrole nitrogens is 1. The van der Waals surface area contributed by atoms with Crippen molar-refractivity contribution in [2.75, 3.05) is 5.75 Å². The monoisotopic (exact) mass is 338 g/mol. The molecular weight excluding hydrogens is 324 g/mol. The molecule has 6 nitrogen and oxygen atoms in total. The van der Waals surface area contributed by atoms with E-state index in [4.69, 9.17) is 10.5 Å². The number of hydrogen-bond donors (Lipinski definition) is 2. The smallest absolute Gasteiger partial charge is 0.259 e. The third-order valence-electron chi connectivity index (χ3n) is 3.54. The van der Waals surface area contributed by atoms with Crippen LogP contribution in [0.25, 0.3) is 0 Å². The molecule has 3 N–H and O–H groups in total. The predicted octanol–water partition coefficient (Wildman–Crippen LogP) is 2.27. The summed E-state index contributed by atoms with van der Waals surface area (Å²) in [5.74, 6) is 0.0976. The van der Waals surface area contributed by atoms with Gasteiger partial charge in [-0.2, -0.15) is 10.2 Å². The largest absolute Gasteiger partial charge is 0.422 e. The van der Waals surface area contributed by atoms with Crippen molar-refractivity contribution >= 4 is 11.8 Å². The van der Waals surface area contributed by atoms with E-state index in [2.05, 4.69) is 16.5 Å². The number of aromatic amines is 1. The second-order valence-corrected chi connectivity index (χ2v) is 6.03. The van der Waals surface area contributed by atoms with Crippen molar-refractivity contribution in [3.8, 4) is 11.9 Å². The summed E-state index contributed by atoms with van der Waals surface area (Å²) < 4.78 is 5.45. The first-order chi connectivity index (χ1) is 11.7.